The van der Waals surface area contributed by atoms with Gasteiger partial charge in [-0.05, 0) is 26.8 Å². The van der Waals surface area contributed by atoms with Crippen LogP contribution in [0.2, 0.25) is 0 Å². The smallest absolute Gasteiger partial charge is 0.336 e. The van der Waals surface area contributed by atoms with E-state index in [2.05, 4.69) is 15.2 Å². The predicted molar refractivity (Wildman–Crippen MR) is 73.2 cm³/mol. The molecule has 0 unspecified atom stereocenters. The summed E-state index contributed by atoms with van der Waals surface area (Å²) < 4.78 is 46.6. The van der Waals surface area contributed by atoms with E-state index in [1.807, 2.05) is 6.92 Å². The van der Waals surface area contributed by atoms with Gasteiger partial charge in [-0.15, -0.1) is 0 Å². The Morgan fingerprint density at radius 1 is 1.27 bits per heavy atom. The lowest BCUT2D eigenvalue weighted by atomic mass is 10.1. The maximum atomic E-state index is 13.3. The average molecular weight is 310 g/mol. The van der Waals surface area contributed by atoms with E-state index < -0.39 is 11.7 Å². The van der Waals surface area contributed by atoms with E-state index in [9.17, 15) is 13.2 Å². The van der Waals surface area contributed by atoms with E-state index in [-0.39, 0.29) is 22.5 Å². The van der Waals surface area contributed by atoms with Crippen LogP contribution in [-0.4, -0.2) is 19.9 Å². The van der Waals surface area contributed by atoms with Crippen molar-refractivity contribution in [2.45, 2.75) is 33.5 Å². The topological polar surface area (TPSA) is 56.7 Å². The second kappa shape index (κ2) is 4.82. The molecule has 0 saturated carbocycles. The van der Waals surface area contributed by atoms with Gasteiger partial charge < -0.3 is 4.52 Å². The van der Waals surface area contributed by atoms with Crippen molar-refractivity contribution in [1.29, 1.82) is 0 Å². The normalized spacial score (nSPS) is 12.3. The van der Waals surface area contributed by atoms with Gasteiger partial charge in [0.15, 0.2) is 0 Å². The number of pyridine rings is 1. The van der Waals surface area contributed by atoms with Gasteiger partial charge in [-0.2, -0.15) is 18.3 Å². The molecule has 0 fully saturated rings. The van der Waals surface area contributed by atoms with E-state index in [4.69, 9.17) is 4.52 Å². The summed E-state index contributed by atoms with van der Waals surface area (Å²) in [4.78, 5) is 4.17. The minimum atomic E-state index is -4.51. The number of hydrogen-bond acceptors (Lipinski definition) is 4. The van der Waals surface area contributed by atoms with Gasteiger partial charge in [-0.1, -0.05) is 5.16 Å². The third-order valence-electron chi connectivity index (χ3n) is 3.60. The van der Waals surface area contributed by atoms with E-state index in [0.29, 0.717) is 12.1 Å². The Kier molecular flexibility index (Phi) is 3.19. The number of rotatable bonds is 2. The van der Waals surface area contributed by atoms with Gasteiger partial charge in [0.05, 0.1) is 28.5 Å². The molecule has 0 aliphatic rings. The van der Waals surface area contributed by atoms with Gasteiger partial charge >= 0.3 is 6.18 Å². The fraction of sp³-hybridized carbons (Fsp3) is 0.357. The fourth-order valence-corrected chi connectivity index (χ4v) is 2.47. The maximum absolute atomic E-state index is 13.3. The average Bonchev–Trinajstić information content (AvgIpc) is 3.00. The molecule has 0 atom stereocenters. The zero-order valence-corrected chi connectivity index (χ0v) is 12.2. The summed E-state index contributed by atoms with van der Waals surface area (Å²) in [6.45, 7) is 5.78. The minimum absolute atomic E-state index is 0.100. The molecule has 0 radical (unpaired) electrons. The number of hydrogen-bond donors (Lipinski definition) is 0. The molecule has 0 bridgehead atoms. The van der Waals surface area contributed by atoms with Crippen LogP contribution < -0.4 is 0 Å². The summed E-state index contributed by atoms with van der Waals surface area (Å²) in [5.41, 5.74) is 0.721. The third kappa shape index (κ3) is 2.15. The van der Waals surface area contributed by atoms with Gasteiger partial charge in [-0.3, -0.25) is 4.68 Å². The first-order valence-electron chi connectivity index (χ1n) is 6.70. The predicted octanol–water partition coefficient (Wildman–Crippen LogP) is 3.74. The summed E-state index contributed by atoms with van der Waals surface area (Å²) in [5, 5.41) is 7.63. The second-order valence-electron chi connectivity index (χ2n) is 4.96. The van der Waals surface area contributed by atoms with Crippen LogP contribution in [0.3, 0.4) is 0 Å². The molecule has 0 N–H and O–H groups in total. The first kappa shape index (κ1) is 14.6. The number of aromatic nitrogens is 4. The molecular formula is C14H13F3N4O. The first-order chi connectivity index (χ1) is 10.3. The Morgan fingerprint density at radius 3 is 2.59 bits per heavy atom. The fourth-order valence-electron chi connectivity index (χ4n) is 2.47. The zero-order valence-electron chi connectivity index (χ0n) is 12.2. The van der Waals surface area contributed by atoms with E-state index in [1.165, 1.54) is 13.1 Å². The SMILES string of the molecule is CCn1ncc(-c2cc(C(F)(F)F)c3c(C)noc3n2)c1C. The Hall–Kier alpha value is -2.38. The Morgan fingerprint density at radius 2 is 2.00 bits per heavy atom. The number of nitrogens with zero attached hydrogens (tertiary/aromatic N) is 4. The van der Waals surface area contributed by atoms with Gasteiger partial charge in [-0.25, -0.2) is 4.98 Å². The summed E-state index contributed by atoms with van der Waals surface area (Å²) >= 11 is 0. The van der Waals surface area contributed by atoms with Crippen molar-refractivity contribution in [2.24, 2.45) is 0 Å². The molecule has 0 spiro atoms. The second-order valence-corrected chi connectivity index (χ2v) is 4.96. The Balaban J connectivity index is 2.30. The van der Waals surface area contributed by atoms with Gasteiger partial charge in [0.1, 0.15) is 0 Å². The van der Waals surface area contributed by atoms with E-state index in [0.717, 1.165) is 11.8 Å². The Labute approximate surface area is 123 Å². The van der Waals surface area contributed by atoms with Crippen molar-refractivity contribution in [2.75, 3.05) is 0 Å². The zero-order chi connectivity index (χ0) is 16.1. The van der Waals surface area contributed by atoms with Gasteiger partial charge in [0.25, 0.3) is 5.71 Å². The third-order valence-corrected chi connectivity index (χ3v) is 3.60. The van der Waals surface area contributed by atoms with Crippen molar-refractivity contribution in [3.8, 4) is 11.3 Å². The highest BCUT2D eigenvalue weighted by Crippen LogP contribution is 2.38. The molecule has 3 aromatic heterocycles. The van der Waals surface area contributed by atoms with E-state index in [1.54, 1.807) is 11.6 Å². The lowest BCUT2D eigenvalue weighted by Gasteiger charge is -2.10. The lowest BCUT2D eigenvalue weighted by molar-refractivity contribution is -0.136. The number of halogens is 3. The summed E-state index contributed by atoms with van der Waals surface area (Å²) in [7, 11) is 0. The van der Waals surface area contributed by atoms with Crippen molar-refractivity contribution < 1.29 is 17.7 Å². The molecule has 0 saturated heterocycles. The molecule has 0 amide bonds. The Bertz CT molecular complexity index is 848. The first-order valence-corrected chi connectivity index (χ1v) is 6.70. The van der Waals surface area contributed by atoms with Crippen molar-refractivity contribution in [1.82, 2.24) is 19.9 Å². The van der Waals surface area contributed by atoms with Crippen molar-refractivity contribution >= 4 is 11.1 Å². The van der Waals surface area contributed by atoms with Crippen LogP contribution in [0.15, 0.2) is 16.8 Å². The summed E-state index contributed by atoms with van der Waals surface area (Å²) in [5.74, 6) is 0. The van der Waals surface area contributed by atoms with Crippen LogP contribution in [0, 0.1) is 13.8 Å². The highest BCUT2D eigenvalue weighted by molar-refractivity contribution is 5.84. The number of fused-ring (bicyclic) bond motifs is 1. The number of aryl methyl sites for hydroxylation is 2. The molecule has 8 heteroatoms. The van der Waals surface area contributed by atoms with E-state index >= 15 is 0 Å². The van der Waals surface area contributed by atoms with Gasteiger partial charge in [0.2, 0.25) is 0 Å². The lowest BCUT2D eigenvalue weighted by Crippen LogP contribution is -2.07. The molecule has 3 aromatic rings. The maximum Gasteiger partial charge on any atom is 0.417 e. The molecule has 116 valence electrons. The van der Waals surface area contributed by atoms with Crippen LogP contribution in [0.5, 0.6) is 0 Å². The quantitative estimate of drug-likeness (QED) is 0.723. The standard InChI is InChI=1S/C14H13F3N4O/c1-4-21-8(3)9(6-18-21)11-5-10(14(15,16)17)12-7(2)20-22-13(12)19-11/h5-6H,4H2,1-3H3. The molecule has 3 heterocycles. The van der Waals surface area contributed by atoms with Crippen LogP contribution >= 0.6 is 0 Å². The summed E-state index contributed by atoms with van der Waals surface area (Å²) in [6, 6.07) is 1.02. The monoisotopic (exact) mass is 310 g/mol. The highest BCUT2D eigenvalue weighted by Gasteiger charge is 2.36. The molecular weight excluding hydrogens is 297 g/mol. The molecule has 3 rings (SSSR count). The molecule has 5 nitrogen and oxygen atoms in total. The van der Waals surface area contributed by atoms with Crippen molar-refractivity contribution in [3.05, 3.63) is 29.2 Å². The van der Waals surface area contributed by atoms with Crippen LogP contribution in [0.25, 0.3) is 22.4 Å². The minimum Gasteiger partial charge on any atom is -0.336 e. The molecule has 22 heavy (non-hydrogen) atoms. The largest absolute Gasteiger partial charge is 0.417 e. The highest BCUT2D eigenvalue weighted by atomic mass is 19.4. The number of alkyl halides is 3. The molecule has 0 aliphatic heterocycles. The molecule has 0 aliphatic carbocycles. The van der Waals surface area contributed by atoms with Crippen molar-refractivity contribution in [3.63, 3.8) is 0 Å². The molecule has 0 aromatic carbocycles. The van der Waals surface area contributed by atoms with Gasteiger partial charge in [0, 0.05) is 17.8 Å². The summed E-state index contributed by atoms with van der Waals surface area (Å²) in [6.07, 6.45) is -3.00. The van der Waals surface area contributed by atoms with Crippen LogP contribution in [-0.2, 0) is 12.7 Å². The van der Waals surface area contributed by atoms with Crippen LogP contribution in [0.4, 0.5) is 13.2 Å². The van der Waals surface area contributed by atoms with Crippen LogP contribution in [0.1, 0.15) is 23.9 Å².